The fraction of sp³-hybridized carbons (Fsp3) is 0.143. The summed E-state index contributed by atoms with van der Waals surface area (Å²) in [5, 5.41) is 13.0. The quantitative estimate of drug-likeness (QED) is 0.885. The lowest BCUT2D eigenvalue weighted by Gasteiger charge is -2.13. The summed E-state index contributed by atoms with van der Waals surface area (Å²) in [7, 11) is 0. The van der Waals surface area contributed by atoms with Gasteiger partial charge in [0.1, 0.15) is 5.82 Å². The maximum Gasteiger partial charge on any atom is 0.143 e. The predicted molar refractivity (Wildman–Crippen MR) is 71.3 cm³/mol. The van der Waals surface area contributed by atoms with Crippen LogP contribution in [0.3, 0.4) is 0 Å². The highest BCUT2D eigenvalue weighted by Gasteiger charge is 2.07. The van der Waals surface area contributed by atoms with E-state index in [4.69, 9.17) is 11.6 Å². The van der Waals surface area contributed by atoms with Crippen LogP contribution in [-0.4, -0.2) is 11.7 Å². The molecule has 1 atom stereocenters. The van der Waals surface area contributed by atoms with Crippen LogP contribution in [-0.2, 0) is 0 Å². The Labute approximate surface area is 110 Å². The lowest BCUT2D eigenvalue weighted by atomic mass is 10.1. The van der Waals surface area contributed by atoms with Crippen molar-refractivity contribution in [3.05, 3.63) is 64.9 Å². The second-order valence-corrected chi connectivity index (χ2v) is 4.34. The number of benzene rings is 2. The molecular weight excluding hydrogens is 253 g/mol. The van der Waals surface area contributed by atoms with Crippen LogP contribution < -0.4 is 5.32 Å². The average molecular weight is 266 g/mol. The Bertz CT molecular complexity index is 518. The van der Waals surface area contributed by atoms with Crippen molar-refractivity contribution >= 4 is 17.3 Å². The van der Waals surface area contributed by atoms with Gasteiger partial charge in [-0.3, -0.25) is 0 Å². The Kier molecular flexibility index (Phi) is 4.18. The van der Waals surface area contributed by atoms with Gasteiger partial charge in [0.05, 0.1) is 11.1 Å². The van der Waals surface area contributed by atoms with E-state index < -0.39 is 11.9 Å². The molecule has 2 N–H and O–H groups in total. The summed E-state index contributed by atoms with van der Waals surface area (Å²) in [6.07, 6.45) is -0.634. The van der Waals surface area contributed by atoms with Crippen LogP contribution in [0.1, 0.15) is 11.7 Å². The largest absolute Gasteiger partial charge is 0.387 e. The smallest absolute Gasteiger partial charge is 0.143 e. The molecule has 94 valence electrons. The van der Waals surface area contributed by atoms with Gasteiger partial charge in [-0.2, -0.15) is 0 Å². The molecule has 0 saturated heterocycles. The molecular formula is C14H13ClFNO. The van der Waals surface area contributed by atoms with Crippen molar-refractivity contribution in [2.75, 3.05) is 11.9 Å². The van der Waals surface area contributed by atoms with Crippen LogP contribution in [0.5, 0.6) is 0 Å². The first-order valence-electron chi connectivity index (χ1n) is 5.59. The molecule has 2 aromatic carbocycles. The molecule has 0 radical (unpaired) electrons. The fourth-order valence-corrected chi connectivity index (χ4v) is 1.73. The second-order valence-electron chi connectivity index (χ2n) is 3.94. The molecule has 2 aromatic rings. The molecule has 0 aliphatic heterocycles. The molecule has 0 saturated carbocycles. The molecule has 0 fully saturated rings. The minimum absolute atomic E-state index is 0.0872. The van der Waals surface area contributed by atoms with Crippen LogP contribution in [0.2, 0.25) is 5.02 Å². The highest BCUT2D eigenvalue weighted by atomic mass is 35.5. The van der Waals surface area contributed by atoms with Crippen molar-refractivity contribution in [3.8, 4) is 0 Å². The molecule has 4 heteroatoms. The third kappa shape index (κ3) is 3.22. The van der Waals surface area contributed by atoms with Gasteiger partial charge in [-0.15, -0.1) is 0 Å². The molecule has 18 heavy (non-hydrogen) atoms. The highest BCUT2D eigenvalue weighted by Crippen LogP contribution is 2.20. The highest BCUT2D eigenvalue weighted by molar-refractivity contribution is 6.30. The molecule has 0 amide bonds. The minimum atomic E-state index is -0.634. The Morgan fingerprint density at radius 3 is 2.56 bits per heavy atom. The Morgan fingerprint density at radius 2 is 1.89 bits per heavy atom. The first-order chi connectivity index (χ1) is 8.66. The molecule has 0 spiro atoms. The summed E-state index contributed by atoms with van der Waals surface area (Å²) in [4.78, 5) is 0. The molecule has 0 bridgehead atoms. The zero-order valence-corrected chi connectivity index (χ0v) is 10.4. The van der Waals surface area contributed by atoms with E-state index in [2.05, 4.69) is 5.32 Å². The van der Waals surface area contributed by atoms with E-state index >= 15 is 0 Å². The van der Waals surface area contributed by atoms with E-state index in [0.717, 1.165) is 5.56 Å². The Morgan fingerprint density at radius 1 is 1.17 bits per heavy atom. The predicted octanol–water partition coefficient (Wildman–Crippen LogP) is 3.62. The molecule has 0 aromatic heterocycles. The number of aliphatic hydroxyl groups excluding tert-OH is 1. The molecule has 2 nitrogen and oxygen atoms in total. The van der Waals surface area contributed by atoms with Gasteiger partial charge in [0.2, 0.25) is 0 Å². The maximum absolute atomic E-state index is 13.2. The first kappa shape index (κ1) is 12.9. The number of hydrogen-bond donors (Lipinski definition) is 2. The van der Waals surface area contributed by atoms with Crippen LogP contribution in [0, 0.1) is 5.82 Å². The Hall–Kier alpha value is -1.58. The number of aliphatic hydroxyl groups is 1. The molecule has 0 heterocycles. The third-order valence-electron chi connectivity index (χ3n) is 2.60. The zero-order valence-electron chi connectivity index (χ0n) is 9.61. The lowest BCUT2D eigenvalue weighted by Crippen LogP contribution is -2.12. The van der Waals surface area contributed by atoms with Gasteiger partial charge >= 0.3 is 0 Å². The van der Waals surface area contributed by atoms with Crippen LogP contribution >= 0.6 is 11.6 Å². The van der Waals surface area contributed by atoms with Crippen LogP contribution in [0.15, 0.2) is 48.5 Å². The summed E-state index contributed by atoms with van der Waals surface area (Å²) in [5.41, 5.74) is 1.41. The molecule has 2 rings (SSSR count). The number of nitrogens with one attached hydrogen (secondary N) is 1. The van der Waals surface area contributed by atoms with Gasteiger partial charge in [-0.25, -0.2) is 4.39 Å². The minimum Gasteiger partial charge on any atom is -0.387 e. The van der Waals surface area contributed by atoms with Crippen molar-refractivity contribution in [1.29, 1.82) is 0 Å². The summed E-state index contributed by atoms with van der Waals surface area (Å²) in [5.74, 6) is -0.476. The second kappa shape index (κ2) is 5.85. The van der Waals surface area contributed by atoms with Gasteiger partial charge in [-0.1, -0.05) is 41.9 Å². The maximum atomic E-state index is 13.2. The van der Waals surface area contributed by atoms with Crippen LogP contribution in [0.25, 0.3) is 0 Å². The lowest BCUT2D eigenvalue weighted by molar-refractivity contribution is 0.191. The number of halogens is 2. The topological polar surface area (TPSA) is 32.3 Å². The standard InChI is InChI=1S/C14H13ClFNO/c15-12-7-6-11(8-13(12)16)17-9-14(18)10-4-2-1-3-5-10/h1-8,14,17-18H,9H2. The fourth-order valence-electron chi connectivity index (χ4n) is 1.61. The van der Waals surface area contributed by atoms with Crippen LogP contribution in [0.4, 0.5) is 10.1 Å². The summed E-state index contributed by atoms with van der Waals surface area (Å²) >= 11 is 5.59. The van der Waals surface area contributed by atoms with E-state index in [0.29, 0.717) is 12.2 Å². The van der Waals surface area contributed by atoms with E-state index in [1.54, 1.807) is 6.07 Å². The van der Waals surface area contributed by atoms with Crippen molar-refractivity contribution in [3.63, 3.8) is 0 Å². The number of rotatable bonds is 4. The third-order valence-corrected chi connectivity index (χ3v) is 2.91. The van der Waals surface area contributed by atoms with E-state index in [1.807, 2.05) is 30.3 Å². The van der Waals surface area contributed by atoms with Crippen molar-refractivity contribution in [2.24, 2.45) is 0 Å². The SMILES string of the molecule is OC(CNc1ccc(Cl)c(F)c1)c1ccccc1. The van der Waals surface area contributed by atoms with Gasteiger partial charge in [0.15, 0.2) is 0 Å². The van der Waals surface area contributed by atoms with E-state index in [9.17, 15) is 9.50 Å². The summed E-state index contributed by atoms with van der Waals surface area (Å²) < 4.78 is 13.2. The summed E-state index contributed by atoms with van der Waals surface area (Å²) in [6, 6.07) is 13.8. The van der Waals surface area contributed by atoms with Gasteiger partial charge in [-0.05, 0) is 23.8 Å². The normalized spacial score (nSPS) is 12.2. The average Bonchev–Trinajstić information content (AvgIpc) is 2.41. The van der Waals surface area contributed by atoms with E-state index in [-0.39, 0.29) is 5.02 Å². The van der Waals surface area contributed by atoms with Crippen molar-refractivity contribution < 1.29 is 9.50 Å². The number of hydrogen-bond acceptors (Lipinski definition) is 2. The summed E-state index contributed by atoms with van der Waals surface area (Å²) in [6.45, 7) is 0.311. The Balaban J connectivity index is 1.97. The van der Waals surface area contributed by atoms with Gasteiger partial charge in [0.25, 0.3) is 0 Å². The van der Waals surface area contributed by atoms with E-state index in [1.165, 1.54) is 12.1 Å². The van der Waals surface area contributed by atoms with Gasteiger partial charge in [0, 0.05) is 12.2 Å². The van der Waals surface area contributed by atoms with Crippen molar-refractivity contribution in [2.45, 2.75) is 6.10 Å². The zero-order chi connectivity index (χ0) is 13.0. The molecule has 0 aliphatic rings. The molecule has 0 aliphatic carbocycles. The monoisotopic (exact) mass is 265 g/mol. The van der Waals surface area contributed by atoms with Crippen molar-refractivity contribution in [1.82, 2.24) is 0 Å². The molecule has 1 unspecified atom stereocenters. The number of anilines is 1. The van der Waals surface area contributed by atoms with Gasteiger partial charge < -0.3 is 10.4 Å². The first-order valence-corrected chi connectivity index (χ1v) is 5.96.